The van der Waals surface area contributed by atoms with Gasteiger partial charge in [0.25, 0.3) is 0 Å². The molecule has 128 valence electrons. The maximum absolute atomic E-state index is 4.24. The van der Waals surface area contributed by atoms with Gasteiger partial charge in [0.05, 0.1) is 0 Å². The van der Waals surface area contributed by atoms with Gasteiger partial charge >= 0.3 is 0 Å². The van der Waals surface area contributed by atoms with Gasteiger partial charge < -0.3 is 0 Å². The van der Waals surface area contributed by atoms with Gasteiger partial charge in [-0.05, 0) is 58.3 Å². The van der Waals surface area contributed by atoms with Crippen molar-refractivity contribution in [3.63, 3.8) is 0 Å². The normalized spacial score (nSPS) is 24.9. The number of thiophene rings is 2. The van der Waals surface area contributed by atoms with Gasteiger partial charge in [-0.3, -0.25) is 9.97 Å². The summed E-state index contributed by atoms with van der Waals surface area (Å²) in [5.41, 5.74) is 2.78. The third-order valence-electron chi connectivity index (χ3n) is 5.47. The van der Waals surface area contributed by atoms with Gasteiger partial charge in [0, 0.05) is 58.2 Å². The molecular formula is C22H18N2S2. The first-order valence-corrected chi connectivity index (χ1v) is 10.6. The summed E-state index contributed by atoms with van der Waals surface area (Å²) in [7, 11) is 0. The summed E-state index contributed by atoms with van der Waals surface area (Å²) in [5.74, 6) is 1.95. The second kappa shape index (κ2) is 6.78. The average Bonchev–Trinajstić information content (AvgIpc) is 3.37. The fourth-order valence-electron chi connectivity index (χ4n) is 4.42. The summed E-state index contributed by atoms with van der Waals surface area (Å²) >= 11 is 3.75. The van der Waals surface area contributed by atoms with Gasteiger partial charge in [-0.15, -0.1) is 22.7 Å². The van der Waals surface area contributed by atoms with Crippen LogP contribution in [-0.2, 0) is 0 Å². The Balaban J connectivity index is 1.66. The Morgan fingerprint density at radius 1 is 0.538 bits per heavy atom. The predicted octanol–water partition coefficient (Wildman–Crippen LogP) is 6.05. The summed E-state index contributed by atoms with van der Waals surface area (Å²) in [4.78, 5) is 11.4. The Kier molecular flexibility index (Phi) is 4.15. The first-order chi connectivity index (χ1) is 12.9. The van der Waals surface area contributed by atoms with Gasteiger partial charge in [-0.25, -0.2) is 0 Å². The fourth-order valence-corrected chi connectivity index (χ4v) is 6.26. The second-order valence-corrected chi connectivity index (χ2v) is 8.65. The Labute approximate surface area is 161 Å². The van der Waals surface area contributed by atoms with E-state index < -0.39 is 0 Å². The molecule has 1 saturated carbocycles. The van der Waals surface area contributed by atoms with E-state index in [1.165, 1.54) is 20.9 Å². The molecule has 1 fully saturated rings. The van der Waals surface area contributed by atoms with Gasteiger partial charge in [-0.1, -0.05) is 12.1 Å². The average molecular weight is 375 g/mol. The highest BCUT2D eigenvalue weighted by atomic mass is 32.1. The zero-order valence-electron chi connectivity index (χ0n) is 14.1. The van der Waals surface area contributed by atoms with E-state index in [1.54, 1.807) is 0 Å². The minimum Gasteiger partial charge on any atom is -0.265 e. The van der Waals surface area contributed by atoms with E-state index in [4.69, 9.17) is 0 Å². The molecule has 4 aromatic heterocycles. The van der Waals surface area contributed by atoms with E-state index in [9.17, 15) is 0 Å². The molecule has 0 amide bonds. The van der Waals surface area contributed by atoms with Crippen LogP contribution in [-0.4, -0.2) is 9.97 Å². The summed E-state index contributed by atoms with van der Waals surface area (Å²) in [6, 6.07) is 17.7. The van der Waals surface area contributed by atoms with Crippen molar-refractivity contribution < 1.29 is 0 Å². The van der Waals surface area contributed by atoms with Crippen LogP contribution in [0, 0.1) is 0 Å². The highest BCUT2D eigenvalue weighted by Crippen LogP contribution is 2.67. The zero-order chi connectivity index (χ0) is 17.3. The number of aromatic nitrogens is 2. The van der Waals surface area contributed by atoms with E-state index in [-0.39, 0.29) is 0 Å². The Hall–Kier alpha value is -2.30. The maximum Gasteiger partial charge on any atom is 0.0270 e. The summed E-state index contributed by atoms with van der Waals surface area (Å²) in [6.07, 6.45) is 7.69. The fraction of sp³-hybridized carbons (Fsp3) is 0.182. The minimum atomic E-state index is 0.480. The zero-order valence-corrected chi connectivity index (χ0v) is 15.7. The van der Waals surface area contributed by atoms with Crippen molar-refractivity contribution in [2.24, 2.45) is 0 Å². The van der Waals surface area contributed by atoms with Crippen molar-refractivity contribution in [2.75, 3.05) is 0 Å². The topological polar surface area (TPSA) is 25.8 Å². The SMILES string of the molecule is c1csc(C2C(c3ccncc3)C(c3cccs3)C2c2ccncc2)c1. The number of hydrogen-bond donors (Lipinski definition) is 0. The standard InChI is InChI=1S/C22H18N2S2/c1-3-17(25-13-1)21-19(15-5-9-23-10-6-15)22(18-4-2-14-26-18)20(21)16-7-11-24-12-8-16/h1-14,19-22H. The first-order valence-electron chi connectivity index (χ1n) is 8.80. The van der Waals surface area contributed by atoms with Crippen LogP contribution in [0.4, 0.5) is 0 Å². The molecule has 0 aliphatic heterocycles. The number of pyridine rings is 2. The predicted molar refractivity (Wildman–Crippen MR) is 108 cm³/mol. The summed E-state index contributed by atoms with van der Waals surface area (Å²) in [5, 5.41) is 4.39. The van der Waals surface area contributed by atoms with Crippen LogP contribution in [0.3, 0.4) is 0 Å². The van der Waals surface area contributed by atoms with Gasteiger partial charge in [0.15, 0.2) is 0 Å². The Bertz CT molecular complexity index is 860. The molecule has 5 rings (SSSR count). The lowest BCUT2D eigenvalue weighted by Gasteiger charge is -2.52. The van der Waals surface area contributed by atoms with E-state index in [1.807, 2.05) is 47.5 Å². The smallest absolute Gasteiger partial charge is 0.0270 e. The lowest BCUT2D eigenvalue weighted by atomic mass is 9.52. The van der Waals surface area contributed by atoms with Crippen LogP contribution >= 0.6 is 22.7 Å². The molecule has 0 atom stereocenters. The molecule has 4 heterocycles. The molecule has 2 nitrogen and oxygen atoms in total. The molecule has 1 aliphatic carbocycles. The van der Waals surface area contributed by atoms with Crippen molar-refractivity contribution in [3.8, 4) is 0 Å². The number of rotatable bonds is 4. The van der Waals surface area contributed by atoms with E-state index in [2.05, 4.69) is 69.3 Å². The van der Waals surface area contributed by atoms with Crippen molar-refractivity contribution in [1.29, 1.82) is 0 Å². The molecule has 0 unspecified atom stereocenters. The lowest BCUT2D eigenvalue weighted by Crippen LogP contribution is -2.39. The molecule has 0 radical (unpaired) electrons. The molecule has 0 bridgehead atoms. The van der Waals surface area contributed by atoms with Gasteiger partial charge in [0.2, 0.25) is 0 Å². The highest BCUT2D eigenvalue weighted by Gasteiger charge is 2.53. The van der Waals surface area contributed by atoms with Crippen LogP contribution in [0.2, 0.25) is 0 Å². The van der Waals surface area contributed by atoms with Crippen molar-refractivity contribution in [3.05, 3.63) is 105 Å². The largest absolute Gasteiger partial charge is 0.265 e. The van der Waals surface area contributed by atoms with Crippen LogP contribution in [0.25, 0.3) is 0 Å². The van der Waals surface area contributed by atoms with E-state index >= 15 is 0 Å². The quantitative estimate of drug-likeness (QED) is 0.435. The molecule has 26 heavy (non-hydrogen) atoms. The van der Waals surface area contributed by atoms with Crippen LogP contribution < -0.4 is 0 Å². The second-order valence-electron chi connectivity index (χ2n) is 6.70. The lowest BCUT2D eigenvalue weighted by molar-refractivity contribution is 0.235. The monoisotopic (exact) mass is 374 g/mol. The number of hydrogen-bond acceptors (Lipinski definition) is 4. The Morgan fingerprint density at radius 3 is 1.31 bits per heavy atom. The summed E-state index contributed by atoms with van der Waals surface area (Å²) in [6.45, 7) is 0. The molecule has 0 saturated heterocycles. The molecule has 1 aliphatic rings. The third-order valence-corrected chi connectivity index (χ3v) is 7.42. The Morgan fingerprint density at radius 2 is 0.962 bits per heavy atom. The molecule has 4 heteroatoms. The molecule has 0 N–H and O–H groups in total. The van der Waals surface area contributed by atoms with Crippen molar-refractivity contribution >= 4 is 22.7 Å². The summed E-state index contributed by atoms with van der Waals surface area (Å²) < 4.78 is 0. The van der Waals surface area contributed by atoms with Crippen LogP contribution in [0.15, 0.2) is 84.1 Å². The third kappa shape index (κ3) is 2.61. The number of nitrogens with zero attached hydrogens (tertiary/aromatic N) is 2. The van der Waals surface area contributed by atoms with Crippen LogP contribution in [0.5, 0.6) is 0 Å². The minimum absolute atomic E-state index is 0.480. The van der Waals surface area contributed by atoms with E-state index in [0.29, 0.717) is 23.7 Å². The van der Waals surface area contributed by atoms with Crippen molar-refractivity contribution in [1.82, 2.24) is 9.97 Å². The molecule has 0 aromatic carbocycles. The molecular weight excluding hydrogens is 356 g/mol. The molecule has 0 spiro atoms. The highest BCUT2D eigenvalue weighted by molar-refractivity contribution is 7.10. The first kappa shape index (κ1) is 15.9. The van der Waals surface area contributed by atoms with Gasteiger partial charge in [-0.2, -0.15) is 0 Å². The van der Waals surface area contributed by atoms with Crippen LogP contribution in [0.1, 0.15) is 44.6 Å². The van der Waals surface area contributed by atoms with E-state index in [0.717, 1.165) is 0 Å². The molecule has 4 aromatic rings. The maximum atomic E-state index is 4.24. The van der Waals surface area contributed by atoms with Gasteiger partial charge in [0.1, 0.15) is 0 Å². The van der Waals surface area contributed by atoms with Crippen molar-refractivity contribution in [2.45, 2.75) is 23.7 Å².